The van der Waals surface area contributed by atoms with Gasteiger partial charge in [-0.2, -0.15) is 0 Å². The predicted octanol–water partition coefficient (Wildman–Crippen LogP) is 15.2. The van der Waals surface area contributed by atoms with E-state index in [-0.39, 0.29) is 0 Å². The molecule has 1 atom stereocenters. The highest BCUT2D eigenvalue weighted by Crippen LogP contribution is 2.45. The Morgan fingerprint density at radius 1 is 0.444 bits per heavy atom. The Hall–Kier alpha value is -6.50. The third kappa shape index (κ3) is 6.99. The summed E-state index contributed by atoms with van der Waals surface area (Å²) in [6.07, 6.45) is 5.68. The minimum absolute atomic E-state index is 0.397. The van der Waals surface area contributed by atoms with E-state index in [0.717, 1.165) is 28.7 Å². The molecule has 54 heavy (non-hydrogen) atoms. The number of hydrogen-bond acceptors (Lipinski definition) is 0. The Morgan fingerprint density at radius 2 is 0.907 bits per heavy atom. The van der Waals surface area contributed by atoms with E-state index < -0.39 is 0 Å². The average molecular weight is 693 g/mol. The standard InChI is InChI=1S/C54H44/c1-4-38(2)51(43-21-11-6-12-22-43)37-47(35-39(3)40-19-9-5-10-20-40)42-31-29-41(30-32-42)46-33-34-50-52(36-46)54(45-25-15-8-16-26-45)49-28-18-17-27-48(49)53(50)44-23-13-7-14-24-44/h5-38H,3-4H2,1-2H3/b47-35+,51-37+. The third-order valence-electron chi connectivity index (χ3n) is 10.7. The number of fused-ring (bicyclic) bond motifs is 2. The highest BCUT2D eigenvalue weighted by atomic mass is 14.2. The second-order valence-corrected chi connectivity index (χ2v) is 14.1. The van der Waals surface area contributed by atoms with Gasteiger partial charge < -0.3 is 0 Å². The van der Waals surface area contributed by atoms with Crippen LogP contribution < -0.4 is 0 Å². The molecule has 0 amide bonds. The van der Waals surface area contributed by atoms with E-state index in [1.165, 1.54) is 66.1 Å². The molecule has 8 rings (SSSR count). The Kier molecular flexibility index (Phi) is 10.0. The van der Waals surface area contributed by atoms with Crippen LogP contribution in [0.4, 0.5) is 0 Å². The first-order valence-corrected chi connectivity index (χ1v) is 19.0. The van der Waals surface area contributed by atoms with Crippen molar-refractivity contribution >= 4 is 38.3 Å². The zero-order valence-corrected chi connectivity index (χ0v) is 31.0. The fraction of sp³-hybridized carbons (Fsp3) is 0.0741. The van der Waals surface area contributed by atoms with Crippen LogP contribution in [0.25, 0.3) is 71.6 Å². The normalized spacial score (nSPS) is 12.6. The second kappa shape index (κ2) is 15.6. The molecule has 0 fully saturated rings. The van der Waals surface area contributed by atoms with Crippen molar-refractivity contribution in [3.63, 3.8) is 0 Å². The number of rotatable bonds is 10. The summed E-state index contributed by atoms with van der Waals surface area (Å²) in [4.78, 5) is 0. The highest BCUT2D eigenvalue weighted by Gasteiger charge is 2.18. The smallest absolute Gasteiger partial charge is 0.00262 e. The lowest BCUT2D eigenvalue weighted by Gasteiger charge is -2.19. The molecular formula is C54H44. The summed E-state index contributed by atoms with van der Waals surface area (Å²) in [5, 5.41) is 5.04. The SMILES string of the molecule is C=C(/C=C(\C=C(\c1ccccc1)C(C)CC)c1ccc(-c2ccc3c(-c4ccccc4)c4ccccc4c(-c4ccccc4)c3c2)cc1)c1ccccc1. The highest BCUT2D eigenvalue weighted by molar-refractivity contribution is 6.22. The number of allylic oxidation sites excluding steroid dienone is 5. The molecular weight excluding hydrogens is 649 g/mol. The predicted molar refractivity (Wildman–Crippen MR) is 235 cm³/mol. The molecule has 1 unspecified atom stereocenters. The van der Waals surface area contributed by atoms with E-state index in [0.29, 0.717) is 5.92 Å². The van der Waals surface area contributed by atoms with E-state index in [2.05, 4.69) is 221 Å². The summed E-state index contributed by atoms with van der Waals surface area (Å²) in [5.74, 6) is 0.397. The molecule has 0 spiro atoms. The Bertz CT molecular complexity index is 2610. The molecule has 0 saturated carbocycles. The van der Waals surface area contributed by atoms with Gasteiger partial charge in [0.1, 0.15) is 0 Å². The summed E-state index contributed by atoms with van der Waals surface area (Å²) in [6.45, 7) is 9.09. The van der Waals surface area contributed by atoms with Crippen molar-refractivity contribution in [2.45, 2.75) is 20.3 Å². The molecule has 0 saturated heterocycles. The van der Waals surface area contributed by atoms with Gasteiger partial charge in [0.05, 0.1) is 0 Å². The van der Waals surface area contributed by atoms with Gasteiger partial charge in [0.2, 0.25) is 0 Å². The van der Waals surface area contributed by atoms with Gasteiger partial charge in [-0.25, -0.2) is 0 Å². The van der Waals surface area contributed by atoms with Crippen LogP contribution in [-0.4, -0.2) is 0 Å². The lowest BCUT2D eigenvalue weighted by molar-refractivity contribution is 0.718. The first-order chi connectivity index (χ1) is 26.6. The zero-order valence-electron chi connectivity index (χ0n) is 31.0. The van der Waals surface area contributed by atoms with Crippen LogP contribution in [0.15, 0.2) is 207 Å². The Balaban J connectivity index is 1.28. The Morgan fingerprint density at radius 3 is 1.46 bits per heavy atom. The quantitative estimate of drug-likeness (QED) is 0.0989. The molecule has 8 aromatic rings. The summed E-state index contributed by atoms with van der Waals surface area (Å²) in [7, 11) is 0. The molecule has 0 aliphatic carbocycles. The van der Waals surface area contributed by atoms with Crippen molar-refractivity contribution in [1.82, 2.24) is 0 Å². The maximum Gasteiger partial charge on any atom is -0.00262 e. The number of hydrogen-bond donors (Lipinski definition) is 0. The van der Waals surface area contributed by atoms with Gasteiger partial charge in [0.15, 0.2) is 0 Å². The van der Waals surface area contributed by atoms with E-state index in [4.69, 9.17) is 0 Å². The fourth-order valence-corrected chi connectivity index (χ4v) is 7.70. The average Bonchev–Trinajstić information content (AvgIpc) is 3.25. The minimum Gasteiger partial charge on any atom is -0.0911 e. The molecule has 260 valence electrons. The van der Waals surface area contributed by atoms with Crippen molar-refractivity contribution < 1.29 is 0 Å². The van der Waals surface area contributed by atoms with Crippen molar-refractivity contribution in [2.24, 2.45) is 5.92 Å². The van der Waals surface area contributed by atoms with Crippen molar-refractivity contribution in [3.05, 3.63) is 223 Å². The van der Waals surface area contributed by atoms with Gasteiger partial charge in [0, 0.05) is 0 Å². The van der Waals surface area contributed by atoms with E-state index in [9.17, 15) is 0 Å². The van der Waals surface area contributed by atoms with Crippen molar-refractivity contribution in [1.29, 1.82) is 0 Å². The third-order valence-corrected chi connectivity index (χ3v) is 10.7. The molecule has 0 heterocycles. The lowest BCUT2D eigenvalue weighted by atomic mass is 9.84. The van der Waals surface area contributed by atoms with Crippen LogP contribution >= 0.6 is 0 Å². The molecule has 0 aliphatic rings. The topological polar surface area (TPSA) is 0 Å². The van der Waals surface area contributed by atoms with Crippen LogP contribution in [0.3, 0.4) is 0 Å². The van der Waals surface area contributed by atoms with Crippen LogP contribution in [0.5, 0.6) is 0 Å². The molecule has 0 aromatic heterocycles. The summed E-state index contributed by atoms with van der Waals surface area (Å²) >= 11 is 0. The molecule has 8 aromatic carbocycles. The molecule has 0 aliphatic heterocycles. The van der Waals surface area contributed by atoms with Gasteiger partial charge in [-0.3, -0.25) is 0 Å². The van der Waals surface area contributed by atoms with E-state index in [1.807, 2.05) is 0 Å². The lowest BCUT2D eigenvalue weighted by Crippen LogP contribution is -1.98. The molecule has 0 bridgehead atoms. The largest absolute Gasteiger partial charge is 0.0911 e. The maximum absolute atomic E-state index is 4.51. The van der Waals surface area contributed by atoms with Crippen LogP contribution in [-0.2, 0) is 0 Å². The first-order valence-electron chi connectivity index (χ1n) is 19.0. The number of benzene rings is 8. The van der Waals surface area contributed by atoms with Gasteiger partial charge in [-0.05, 0) is 113 Å². The maximum atomic E-state index is 4.51. The van der Waals surface area contributed by atoms with Crippen LogP contribution in [0.2, 0.25) is 0 Å². The van der Waals surface area contributed by atoms with Gasteiger partial charge in [0.25, 0.3) is 0 Å². The van der Waals surface area contributed by atoms with Gasteiger partial charge >= 0.3 is 0 Å². The second-order valence-electron chi connectivity index (χ2n) is 14.1. The van der Waals surface area contributed by atoms with Crippen molar-refractivity contribution in [2.75, 3.05) is 0 Å². The summed E-state index contributed by atoms with van der Waals surface area (Å²) in [5.41, 5.74) is 14.4. The van der Waals surface area contributed by atoms with E-state index >= 15 is 0 Å². The fourth-order valence-electron chi connectivity index (χ4n) is 7.70. The van der Waals surface area contributed by atoms with Crippen molar-refractivity contribution in [3.8, 4) is 33.4 Å². The van der Waals surface area contributed by atoms with Crippen LogP contribution in [0.1, 0.15) is 37.0 Å². The first kappa shape index (κ1) is 34.6. The molecule has 0 radical (unpaired) electrons. The molecule has 0 nitrogen and oxygen atoms in total. The van der Waals surface area contributed by atoms with Gasteiger partial charge in [-0.1, -0.05) is 208 Å². The van der Waals surface area contributed by atoms with E-state index in [1.54, 1.807) is 0 Å². The van der Waals surface area contributed by atoms with Gasteiger partial charge in [-0.15, -0.1) is 0 Å². The molecule has 0 heteroatoms. The zero-order chi connectivity index (χ0) is 36.9. The summed E-state index contributed by atoms with van der Waals surface area (Å²) in [6, 6.07) is 67.9. The Labute approximate surface area is 320 Å². The summed E-state index contributed by atoms with van der Waals surface area (Å²) < 4.78 is 0. The minimum atomic E-state index is 0.397. The molecule has 0 N–H and O–H groups in total. The monoisotopic (exact) mass is 692 g/mol. The van der Waals surface area contributed by atoms with Crippen LogP contribution in [0, 0.1) is 5.92 Å².